The summed E-state index contributed by atoms with van der Waals surface area (Å²) >= 11 is 0. The van der Waals surface area contributed by atoms with Crippen molar-refractivity contribution in [3.8, 4) is 6.07 Å². The lowest BCUT2D eigenvalue weighted by molar-refractivity contribution is -0.118. The maximum absolute atomic E-state index is 11.1. The normalized spacial score (nSPS) is 10.4. The summed E-state index contributed by atoms with van der Waals surface area (Å²) in [5, 5.41) is 8.84. The minimum absolute atomic E-state index is 0.294. The fourth-order valence-electron chi connectivity index (χ4n) is 2.27. The van der Waals surface area contributed by atoms with Crippen LogP contribution >= 0.6 is 0 Å². The number of hydrogen-bond donors (Lipinski definition) is 1. The summed E-state index contributed by atoms with van der Waals surface area (Å²) in [6.45, 7) is 2.09. The number of rotatable bonds is 7. The molecular weight excluding hydrogens is 274 g/mol. The van der Waals surface area contributed by atoms with Crippen LogP contribution in [0.3, 0.4) is 0 Å². The zero-order chi connectivity index (χ0) is 15.8. The Balaban J connectivity index is 2.05. The molecule has 0 aliphatic carbocycles. The Kier molecular flexibility index (Phi) is 5.70. The first kappa shape index (κ1) is 15.7. The lowest BCUT2D eigenvalue weighted by Gasteiger charge is -2.22. The Bertz CT molecular complexity index is 644. The number of primary amides is 1. The molecule has 0 aliphatic rings. The standard InChI is InChI=1S/C18H19N3O/c19-12-15-6-8-17(9-7-15)14-21(11-10-18(20)22)13-16-4-2-1-3-5-16/h1-9H,10-11,13-14H2,(H2,20,22). The first-order chi connectivity index (χ1) is 10.7. The summed E-state index contributed by atoms with van der Waals surface area (Å²) in [6, 6.07) is 19.7. The summed E-state index contributed by atoms with van der Waals surface area (Å²) in [4.78, 5) is 13.2. The highest BCUT2D eigenvalue weighted by Crippen LogP contribution is 2.11. The second-order valence-electron chi connectivity index (χ2n) is 5.22. The van der Waals surface area contributed by atoms with Gasteiger partial charge in [0.15, 0.2) is 0 Å². The lowest BCUT2D eigenvalue weighted by atomic mass is 10.1. The van der Waals surface area contributed by atoms with Crippen molar-refractivity contribution in [3.05, 3.63) is 71.3 Å². The van der Waals surface area contributed by atoms with Crippen molar-refractivity contribution in [1.82, 2.24) is 4.90 Å². The number of nitrogens with zero attached hydrogens (tertiary/aromatic N) is 2. The minimum Gasteiger partial charge on any atom is -0.370 e. The SMILES string of the molecule is N#Cc1ccc(CN(CCC(N)=O)Cc2ccccc2)cc1. The van der Waals surface area contributed by atoms with Crippen molar-refractivity contribution in [2.45, 2.75) is 19.5 Å². The van der Waals surface area contributed by atoms with Gasteiger partial charge in [0.1, 0.15) is 0 Å². The highest BCUT2D eigenvalue weighted by atomic mass is 16.1. The molecule has 112 valence electrons. The molecule has 1 amide bonds. The molecule has 0 spiro atoms. The third kappa shape index (κ3) is 5.04. The number of carbonyl (C=O) groups excluding carboxylic acids is 1. The Labute approximate surface area is 130 Å². The van der Waals surface area contributed by atoms with Crippen LogP contribution in [0.1, 0.15) is 23.1 Å². The molecule has 2 aromatic rings. The zero-order valence-electron chi connectivity index (χ0n) is 12.4. The van der Waals surface area contributed by atoms with Crippen LogP contribution in [0.5, 0.6) is 0 Å². The molecule has 0 bridgehead atoms. The lowest BCUT2D eigenvalue weighted by Crippen LogP contribution is -2.27. The van der Waals surface area contributed by atoms with Gasteiger partial charge >= 0.3 is 0 Å². The average molecular weight is 293 g/mol. The maximum Gasteiger partial charge on any atom is 0.218 e. The molecular formula is C18H19N3O. The van der Waals surface area contributed by atoms with Crippen molar-refractivity contribution in [2.24, 2.45) is 5.73 Å². The van der Waals surface area contributed by atoms with E-state index in [9.17, 15) is 4.79 Å². The first-order valence-corrected chi connectivity index (χ1v) is 7.21. The van der Waals surface area contributed by atoms with Gasteiger partial charge in [-0.1, -0.05) is 42.5 Å². The van der Waals surface area contributed by atoms with E-state index in [0.29, 0.717) is 25.1 Å². The van der Waals surface area contributed by atoms with Crippen LogP contribution in [0.15, 0.2) is 54.6 Å². The molecule has 0 saturated heterocycles. The van der Waals surface area contributed by atoms with Gasteiger partial charge in [0.25, 0.3) is 0 Å². The highest BCUT2D eigenvalue weighted by Gasteiger charge is 2.09. The van der Waals surface area contributed by atoms with E-state index in [1.165, 1.54) is 5.56 Å². The predicted molar refractivity (Wildman–Crippen MR) is 85.5 cm³/mol. The molecule has 0 unspecified atom stereocenters. The molecule has 4 nitrogen and oxygen atoms in total. The summed E-state index contributed by atoms with van der Waals surface area (Å²) in [5.74, 6) is -0.294. The second-order valence-corrected chi connectivity index (χ2v) is 5.22. The molecule has 0 saturated carbocycles. The molecule has 2 aromatic carbocycles. The smallest absolute Gasteiger partial charge is 0.218 e. The molecule has 4 heteroatoms. The quantitative estimate of drug-likeness (QED) is 0.852. The van der Waals surface area contributed by atoms with Gasteiger partial charge in [0.05, 0.1) is 11.6 Å². The first-order valence-electron chi connectivity index (χ1n) is 7.21. The summed E-state index contributed by atoms with van der Waals surface area (Å²) in [7, 11) is 0. The number of hydrogen-bond acceptors (Lipinski definition) is 3. The van der Waals surface area contributed by atoms with Crippen molar-refractivity contribution in [2.75, 3.05) is 6.54 Å². The van der Waals surface area contributed by atoms with Gasteiger partial charge in [-0.15, -0.1) is 0 Å². The third-order valence-corrected chi connectivity index (χ3v) is 3.41. The molecule has 0 aliphatic heterocycles. The van der Waals surface area contributed by atoms with Crippen molar-refractivity contribution in [3.63, 3.8) is 0 Å². The van der Waals surface area contributed by atoms with Gasteiger partial charge in [0, 0.05) is 26.1 Å². The van der Waals surface area contributed by atoms with Crippen LogP contribution in [0.25, 0.3) is 0 Å². The van der Waals surface area contributed by atoms with Crippen molar-refractivity contribution in [1.29, 1.82) is 5.26 Å². The fourth-order valence-corrected chi connectivity index (χ4v) is 2.27. The van der Waals surface area contributed by atoms with E-state index < -0.39 is 0 Å². The predicted octanol–water partition coefficient (Wildman–Crippen LogP) is 2.44. The number of benzene rings is 2. The molecule has 2 N–H and O–H groups in total. The molecule has 0 fully saturated rings. The number of amides is 1. The van der Waals surface area contributed by atoms with E-state index in [0.717, 1.165) is 12.1 Å². The molecule has 0 aromatic heterocycles. The zero-order valence-corrected chi connectivity index (χ0v) is 12.4. The van der Waals surface area contributed by atoms with E-state index in [2.05, 4.69) is 23.1 Å². The van der Waals surface area contributed by atoms with Gasteiger partial charge in [-0.25, -0.2) is 0 Å². The minimum atomic E-state index is -0.294. The van der Waals surface area contributed by atoms with Crippen LogP contribution in [0.2, 0.25) is 0 Å². The summed E-state index contributed by atoms with van der Waals surface area (Å²) < 4.78 is 0. The molecule has 0 heterocycles. The van der Waals surface area contributed by atoms with E-state index in [4.69, 9.17) is 11.0 Å². The van der Waals surface area contributed by atoms with Crippen LogP contribution in [-0.4, -0.2) is 17.4 Å². The van der Waals surface area contributed by atoms with E-state index >= 15 is 0 Å². The van der Waals surface area contributed by atoms with E-state index in [-0.39, 0.29) is 5.91 Å². The monoisotopic (exact) mass is 293 g/mol. The Morgan fingerprint density at radius 2 is 1.59 bits per heavy atom. The highest BCUT2D eigenvalue weighted by molar-refractivity contribution is 5.73. The third-order valence-electron chi connectivity index (χ3n) is 3.41. The van der Waals surface area contributed by atoms with Crippen molar-refractivity contribution < 1.29 is 4.79 Å². The van der Waals surface area contributed by atoms with E-state index in [1.807, 2.05) is 42.5 Å². The largest absolute Gasteiger partial charge is 0.370 e. The van der Waals surface area contributed by atoms with Gasteiger partial charge in [0.2, 0.25) is 5.91 Å². The van der Waals surface area contributed by atoms with Gasteiger partial charge < -0.3 is 5.73 Å². The summed E-state index contributed by atoms with van der Waals surface area (Å²) in [6.07, 6.45) is 0.336. The number of carbonyl (C=O) groups is 1. The second kappa shape index (κ2) is 7.96. The molecule has 22 heavy (non-hydrogen) atoms. The van der Waals surface area contributed by atoms with Crippen LogP contribution < -0.4 is 5.73 Å². The summed E-state index contributed by atoms with van der Waals surface area (Å²) in [5.41, 5.74) is 8.22. The van der Waals surface area contributed by atoms with Gasteiger partial charge in [-0.2, -0.15) is 5.26 Å². The van der Waals surface area contributed by atoms with Crippen LogP contribution in [0.4, 0.5) is 0 Å². The average Bonchev–Trinajstić information content (AvgIpc) is 2.54. The Morgan fingerprint density at radius 3 is 2.14 bits per heavy atom. The van der Waals surface area contributed by atoms with Crippen molar-refractivity contribution >= 4 is 5.91 Å². The topological polar surface area (TPSA) is 70.1 Å². The van der Waals surface area contributed by atoms with Gasteiger partial charge in [-0.05, 0) is 23.3 Å². The fraction of sp³-hybridized carbons (Fsp3) is 0.222. The molecule has 2 rings (SSSR count). The van der Waals surface area contributed by atoms with Crippen LogP contribution in [-0.2, 0) is 17.9 Å². The maximum atomic E-state index is 11.1. The molecule has 0 atom stereocenters. The number of nitriles is 1. The Morgan fingerprint density at radius 1 is 1.00 bits per heavy atom. The van der Waals surface area contributed by atoms with E-state index in [1.54, 1.807) is 0 Å². The Hall–Kier alpha value is -2.64. The molecule has 0 radical (unpaired) electrons. The van der Waals surface area contributed by atoms with Crippen LogP contribution in [0, 0.1) is 11.3 Å². The van der Waals surface area contributed by atoms with Gasteiger partial charge in [-0.3, -0.25) is 9.69 Å². The number of nitrogens with two attached hydrogens (primary N) is 1.